The highest BCUT2D eigenvalue weighted by Gasteiger charge is 2.18. The first-order valence-electron chi connectivity index (χ1n) is 6.20. The topological polar surface area (TPSA) is 17.8 Å². The predicted molar refractivity (Wildman–Crippen MR) is 85.3 cm³/mol. The molecule has 0 unspecified atom stereocenters. The Balaban J connectivity index is 2.42. The standard InChI is InChI=1S/C15H10Cl3FN2/c1-8-3-2-4-12-14(8)20-13(7-16)21(12)15-10(17)5-9(19)6-11(15)18/h2-6H,7H2,1H3. The van der Waals surface area contributed by atoms with Gasteiger partial charge in [0, 0.05) is 0 Å². The van der Waals surface area contributed by atoms with E-state index in [1.165, 1.54) is 12.1 Å². The predicted octanol–water partition coefficient (Wildman–Crippen LogP) is 5.52. The van der Waals surface area contributed by atoms with Crippen LogP contribution in [0.1, 0.15) is 11.4 Å². The van der Waals surface area contributed by atoms with Crippen molar-refractivity contribution in [1.29, 1.82) is 0 Å². The van der Waals surface area contributed by atoms with Crippen LogP contribution >= 0.6 is 34.8 Å². The fourth-order valence-electron chi connectivity index (χ4n) is 2.37. The first kappa shape index (κ1) is 14.6. The summed E-state index contributed by atoms with van der Waals surface area (Å²) in [5.41, 5.74) is 3.17. The van der Waals surface area contributed by atoms with Gasteiger partial charge in [-0.15, -0.1) is 11.6 Å². The first-order valence-corrected chi connectivity index (χ1v) is 7.49. The summed E-state index contributed by atoms with van der Waals surface area (Å²) in [6.45, 7) is 1.96. The number of hydrogen-bond acceptors (Lipinski definition) is 1. The van der Waals surface area contributed by atoms with Crippen LogP contribution in [-0.2, 0) is 5.88 Å². The van der Waals surface area contributed by atoms with Crippen molar-refractivity contribution < 1.29 is 4.39 Å². The summed E-state index contributed by atoms with van der Waals surface area (Å²) >= 11 is 18.4. The Kier molecular flexibility index (Phi) is 3.82. The summed E-state index contributed by atoms with van der Waals surface area (Å²) in [5, 5.41) is 0.430. The van der Waals surface area contributed by atoms with Gasteiger partial charge in [-0.05, 0) is 30.7 Å². The Morgan fingerprint density at radius 3 is 2.48 bits per heavy atom. The lowest BCUT2D eigenvalue weighted by atomic mass is 10.2. The second kappa shape index (κ2) is 5.48. The molecule has 1 heterocycles. The Morgan fingerprint density at radius 1 is 1.19 bits per heavy atom. The van der Waals surface area contributed by atoms with E-state index in [0.717, 1.165) is 16.6 Å². The minimum atomic E-state index is -0.484. The van der Waals surface area contributed by atoms with Crippen molar-refractivity contribution in [3.05, 3.63) is 57.6 Å². The van der Waals surface area contributed by atoms with Crippen molar-refractivity contribution in [2.45, 2.75) is 12.8 Å². The molecule has 3 aromatic rings. The number of alkyl halides is 1. The maximum Gasteiger partial charge on any atom is 0.129 e. The van der Waals surface area contributed by atoms with E-state index in [2.05, 4.69) is 4.98 Å². The molecular formula is C15H10Cl3FN2. The first-order chi connectivity index (χ1) is 10.0. The number of benzene rings is 2. The van der Waals surface area contributed by atoms with Gasteiger partial charge in [-0.25, -0.2) is 9.37 Å². The summed E-state index contributed by atoms with van der Waals surface area (Å²) < 4.78 is 15.2. The molecule has 21 heavy (non-hydrogen) atoms. The van der Waals surface area contributed by atoms with Gasteiger partial charge in [-0.1, -0.05) is 35.3 Å². The van der Waals surface area contributed by atoms with Crippen LogP contribution in [-0.4, -0.2) is 9.55 Å². The molecule has 0 aliphatic carbocycles. The summed E-state index contributed by atoms with van der Waals surface area (Å²) in [6.07, 6.45) is 0. The largest absolute Gasteiger partial charge is 0.292 e. The lowest BCUT2D eigenvalue weighted by Crippen LogP contribution is -2.01. The van der Waals surface area contributed by atoms with Gasteiger partial charge in [0.05, 0.1) is 32.6 Å². The lowest BCUT2D eigenvalue weighted by molar-refractivity contribution is 0.627. The molecule has 0 aliphatic heterocycles. The lowest BCUT2D eigenvalue weighted by Gasteiger charge is -2.12. The summed E-state index contributed by atoms with van der Waals surface area (Å²) in [6, 6.07) is 8.23. The number of fused-ring (bicyclic) bond motifs is 1. The highest BCUT2D eigenvalue weighted by Crippen LogP contribution is 2.34. The second-order valence-corrected chi connectivity index (χ2v) is 5.74. The Bertz CT molecular complexity index is 819. The monoisotopic (exact) mass is 342 g/mol. The van der Waals surface area contributed by atoms with Crippen molar-refractivity contribution in [3.63, 3.8) is 0 Å². The van der Waals surface area contributed by atoms with Gasteiger partial charge in [-0.3, -0.25) is 4.57 Å². The molecule has 0 bridgehead atoms. The number of imidazole rings is 1. The Morgan fingerprint density at radius 2 is 1.86 bits per heavy atom. The number of para-hydroxylation sites is 1. The van der Waals surface area contributed by atoms with Gasteiger partial charge < -0.3 is 0 Å². The van der Waals surface area contributed by atoms with Crippen molar-refractivity contribution in [1.82, 2.24) is 9.55 Å². The molecule has 0 atom stereocenters. The van der Waals surface area contributed by atoms with Crippen LogP contribution in [0.25, 0.3) is 16.7 Å². The zero-order valence-corrected chi connectivity index (χ0v) is 13.3. The minimum Gasteiger partial charge on any atom is -0.292 e. The van der Waals surface area contributed by atoms with Gasteiger partial charge in [0.1, 0.15) is 11.6 Å². The maximum atomic E-state index is 13.4. The van der Waals surface area contributed by atoms with Gasteiger partial charge in [0.2, 0.25) is 0 Å². The van der Waals surface area contributed by atoms with Crippen molar-refractivity contribution in [2.75, 3.05) is 0 Å². The molecule has 2 aromatic carbocycles. The Hall–Kier alpha value is -1.29. The zero-order chi connectivity index (χ0) is 15.1. The van der Waals surface area contributed by atoms with E-state index in [1.807, 2.05) is 25.1 Å². The SMILES string of the molecule is Cc1cccc2c1nc(CCl)n2-c1c(Cl)cc(F)cc1Cl. The third kappa shape index (κ3) is 2.39. The average molecular weight is 344 g/mol. The van der Waals surface area contributed by atoms with Crippen LogP contribution in [0.3, 0.4) is 0 Å². The van der Waals surface area contributed by atoms with E-state index < -0.39 is 5.82 Å². The number of rotatable bonds is 2. The van der Waals surface area contributed by atoms with E-state index in [-0.39, 0.29) is 15.9 Å². The van der Waals surface area contributed by atoms with Crippen LogP contribution in [0, 0.1) is 12.7 Å². The fourth-order valence-corrected chi connectivity index (χ4v) is 3.18. The van der Waals surface area contributed by atoms with E-state index in [9.17, 15) is 4.39 Å². The molecular weight excluding hydrogens is 334 g/mol. The highest BCUT2D eigenvalue weighted by molar-refractivity contribution is 6.38. The molecule has 1 aromatic heterocycles. The molecule has 2 nitrogen and oxygen atoms in total. The van der Waals surface area contributed by atoms with Crippen LogP contribution < -0.4 is 0 Å². The molecule has 6 heteroatoms. The molecule has 0 amide bonds. The van der Waals surface area contributed by atoms with Crippen LogP contribution in [0.2, 0.25) is 10.0 Å². The van der Waals surface area contributed by atoms with Gasteiger partial charge in [0.15, 0.2) is 0 Å². The number of hydrogen-bond donors (Lipinski definition) is 0. The fraction of sp³-hybridized carbons (Fsp3) is 0.133. The molecule has 0 spiro atoms. The molecule has 0 radical (unpaired) electrons. The van der Waals surface area contributed by atoms with E-state index >= 15 is 0 Å². The smallest absolute Gasteiger partial charge is 0.129 e. The van der Waals surface area contributed by atoms with E-state index in [4.69, 9.17) is 34.8 Å². The molecule has 0 aliphatic rings. The summed E-state index contributed by atoms with van der Waals surface area (Å²) in [5.74, 6) is 0.316. The molecule has 0 fully saturated rings. The van der Waals surface area contributed by atoms with Crippen molar-refractivity contribution >= 4 is 45.8 Å². The summed E-state index contributed by atoms with van der Waals surface area (Å²) in [7, 11) is 0. The van der Waals surface area contributed by atoms with Crippen LogP contribution in [0.5, 0.6) is 0 Å². The molecule has 0 saturated carbocycles. The van der Waals surface area contributed by atoms with Crippen molar-refractivity contribution in [2.24, 2.45) is 0 Å². The molecule has 108 valence electrons. The van der Waals surface area contributed by atoms with Crippen LogP contribution in [0.4, 0.5) is 4.39 Å². The molecule has 0 N–H and O–H groups in total. The third-order valence-corrected chi connectivity index (χ3v) is 4.10. The van der Waals surface area contributed by atoms with Gasteiger partial charge >= 0.3 is 0 Å². The normalized spacial score (nSPS) is 11.3. The number of aromatic nitrogens is 2. The van der Waals surface area contributed by atoms with E-state index in [0.29, 0.717) is 11.5 Å². The number of aryl methyl sites for hydroxylation is 1. The Labute approximate surface area is 136 Å². The summed E-state index contributed by atoms with van der Waals surface area (Å²) in [4.78, 5) is 4.53. The molecule has 0 saturated heterocycles. The average Bonchev–Trinajstić information content (AvgIpc) is 2.78. The van der Waals surface area contributed by atoms with Crippen LogP contribution in [0.15, 0.2) is 30.3 Å². The van der Waals surface area contributed by atoms with E-state index in [1.54, 1.807) is 4.57 Å². The maximum absolute atomic E-state index is 13.4. The van der Waals surface area contributed by atoms with Gasteiger partial charge in [-0.2, -0.15) is 0 Å². The van der Waals surface area contributed by atoms with Gasteiger partial charge in [0.25, 0.3) is 0 Å². The third-order valence-electron chi connectivity index (χ3n) is 3.28. The minimum absolute atomic E-state index is 0.193. The zero-order valence-electron chi connectivity index (χ0n) is 11.0. The molecule has 3 rings (SSSR count). The number of halogens is 4. The quantitative estimate of drug-likeness (QED) is 0.560. The van der Waals surface area contributed by atoms with Crippen molar-refractivity contribution in [3.8, 4) is 5.69 Å². The highest BCUT2D eigenvalue weighted by atomic mass is 35.5. The second-order valence-electron chi connectivity index (χ2n) is 4.66. The number of nitrogens with zero attached hydrogens (tertiary/aromatic N) is 2.